The molecule has 0 bridgehead atoms. The number of ether oxygens (including phenoxy) is 1. The van der Waals surface area contributed by atoms with E-state index in [2.05, 4.69) is 40.8 Å². The van der Waals surface area contributed by atoms with E-state index in [9.17, 15) is 8.78 Å². The number of anilines is 3. The molecule has 0 aliphatic carbocycles. The number of hydrogen-bond acceptors (Lipinski definition) is 8. The zero-order valence-corrected chi connectivity index (χ0v) is 14.8. The van der Waals surface area contributed by atoms with Crippen LogP contribution in [0.2, 0.25) is 0 Å². The van der Waals surface area contributed by atoms with Gasteiger partial charge in [-0.15, -0.1) is 0 Å². The van der Waals surface area contributed by atoms with Crippen LogP contribution in [0.3, 0.4) is 0 Å². The van der Waals surface area contributed by atoms with E-state index >= 15 is 0 Å². The van der Waals surface area contributed by atoms with Gasteiger partial charge in [-0.1, -0.05) is 0 Å². The van der Waals surface area contributed by atoms with Gasteiger partial charge in [-0.3, -0.25) is 0 Å². The number of hydrogen-bond donors (Lipinski definition) is 3. The van der Waals surface area contributed by atoms with Gasteiger partial charge in [-0.05, 0) is 50.6 Å². The van der Waals surface area contributed by atoms with E-state index in [1.807, 2.05) is 13.8 Å². The molecule has 0 aliphatic heterocycles. The fraction of sp³-hybridized carbons (Fsp3) is 0.375. The van der Waals surface area contributed by atoms with Gasteiger partial charge in [0.1, 0.15) is 5.75 Å². The van der Waals surface area contributed by atoms with E-state index < -0.39 is 6.61 Å². The van der Waals surface area contributed by atoms with E-state index in [1.165, 1.54) is 12.1 Å². The second-order valence-corrected chi connectivity index (χ2v) is 5.08. The van der Waals surface area contributed by atoms with Gasteiger partial charge in [0.2, 0.25) is 17.8 Å². The lowest BCUT2D eigenvalue weighted by Gasteiger charge is -2.08. The van der Waals surface area contributed by atoms with Gasteiger partial charge >= 0.3 is 6.61 Å². The van der Waals surface area contributed by atoms with Crippen LogP contribution in [-0.4, -0.2) is 40.4 Å². The predicted molar refractivity (Wildman–Crippen MR) is 97.1 cm³/mol. The van der Waals surface area contributed by atoms with Crippen LogP contribution < -0.4 is 20.8 Å². The van der Waals surface area contributed by atoms with Crippen LogP contribution in [0, 0.1) is 0 Å². The van der Waals surface area contributed by atoms with Crippen LogP contribution >= 0.6 is 0 Å². The number of alkyl halides is 2. The normalized spacial score (nSPS) is 11.4. The number of rotatable bonds is 9. The Morgan fingerprint density at radius 2 is 1.54 bits per heavy atom. The third kappa shape index (κ3) is 5.80. The monoisotopic (exact) mass is 365 g/mol. The number of nitrogens with zero attached hydrogens (tertiary/aromatic N) is 4. The first kappa shape index (κ1) is 19.3. The minimum absolute atomic E-state index is 0.0903. The maximum absolute atomic E-state index is 12.2. The molecule has 0 amide bonds. The molecule has 3 N–H and O–H groups in total. The van der Waals surface area contributed by atoms with Gasteiger partial charge in [-0.2, -0.15) is 28.8 Å². The minimum atomic E-state index is -2.85. The van der Waals surface area contributed by atoms with Crippen molar-refractivity contribution in [2.75, 3.05) is 29.1 Å². The molecule has 0 fully saturated rings. The molecule has 0 aliphatic rings. The summed E-state index contributed by atoms with van der Waals surface area (Å²) in [4.78, 5) is 12.7. The molecule has 0 saturated carbocycles. The molecule has 140 valence electrons. The Labute approximate surface area is 150 Å². The highest BCUT2D eigenvalue weighted by atomic mass is 19.3. The second-order valence-electron chi connectivity index (χ2n) is 5.08. The van der Waals surface area contributed by atoms with Gasteiger partial charge in [0.25, 0.3) is 0 Å². The van der Waals surface area contributed by atoms with Crippen molar-refractivity contribution in [3.8, 4) is 5.75 Å². The molecule has 26 heavy (non-hydrogen) atoms. The summed E-state index contributed by atoms with van der Waals surface area (Å²) in [7, 11) is 0. The Kier molecular flexibility index (Phi) is 7.01. The number of benzene rings is 1. The van der Waals surface area contributed by atoms with Crippen LogP contribution in [0.25, 0.3) is 0 Å². The number of halogens is 2. The highest BCUT2D eigenvalue weighted by molar-refractivity contribution is 5.99. The molecule has 0 radical (unpaired) electrons. The average Bonchev–Trinajstić information content (AvgIpc) is 2.60. The van der Waals surface area contributed by atoms with Gasteiger partial charge in [0.15, 0.2) is 0 Å². The first-order chi connectivity index (χ1) is 12.5. The van der Waals surface area contributed by atoms with Crippen molar-refractivity contribution in [3.63, 3.8) is 0 Å². The zero-order chi connectivity index (χ0) is 18.9. The average molecular weight is 365 g/mol. The Morgan fingerprint density at radius 3 is 2.04 bits per heavy atom. The molecule has 1 heterocycles. The van der Waals surface area contributed by atoms with Gasteiger partial charge in [0.05, 0.1) is 5.71 Å². The lowest BCUT2D eigenvalue weighted by Crippen LogP contribution is -2.11. The van der Waals surface area contributed by atoms with Crippen molar-refractivity contribution >= 4 is 23.6 Å². The lowest BCUT2D eigenvalue weighted by atomic mass is 10.1. The summed E-state index contributed by atoms with van der Waals surface area (Å²) >= 11 is 0. The largest absolute Gasteiger partial charge is 0.435 e. The van der Waals surface area contributed by atoms with Crippen molar-refractivity contribution in [3.05, 3.63) is 29.8 Å². The number of hydrazone groups is 1. The van der Waals surface area contributed by atoms with E-state index in [0.717, 1.165) is 5.56 Å². The zero-order valence-electron chi connectivity index (χ0n) is 14.8. The summed E-state index contributed by atoms with van der Waals surface area (Å²) < 4.78 is 28.7. The Balaban J connectivity index is 2.12. The molecule has 0 saturated heterocycles. The first-order valence-corrected chi connectivity index (χ1v) is 8.11. The Hall–Kier alpha value is -3.04. The van der Waals surface area contributed by atoms with Crippen LogP contribution in [-0.2, 0) is 0 Å². The van der Waals surface area contributed by atoms with Crippen LogP contribution in [0.4, 0.5) is 26.6 Å². The molecule has 0 unspecified atom stereocenters. The summed E-state index contributed by atoms with van der Waals surface area (Å²) in [5.41, 5.74) is 4.15. The molecular weight excluding hydrogens is 344 g/mol. The quantitative estimate of drug-likeness (QED) is 0.464. The van der Waals surface area contributed by atoms with Crippen molar-refractivity contribution in [1.82, 2.24) is 15.0 Å². The number of nitrogens with one attached hydrogen (secondary N) is 3. The SMILES string of the molecule is CCNc1nc(NCC)nc(N/N=C(\C)c2ccc(OC(F)F)cc2)n1. The summed E-state index contributed by atoms with van der Waals surface area (Å²) in [6.07, 6.45) is 0. The van der Waals surface area contributed by atoms with E-state index in [-0.39, 0.29) is 11.7 Å². The molecular formula is C16H21F2N7O. The molecule has 1 aromatic carbocycles. The molecule has 10 heteroatoms. The fourth-order valence-corrected chi connectivity index (χ4v) is 1.98. The van der Waals surface area contributed by atoms with Gasteiger partial charge in [0, 0.05) is 13.1 Å². The third-order valence-electron chi connectivity index (χ3n) is 3.13. The van der Waals surface area contributed by atoms with E-state index in [4.69, 9.17) is 0 Å². The second kappa shape index (κ2) is 9.44. The van der Waals surface area contributed by atoms with Crippen molar-refractivity contribution in [2.45, 2.75) is 27.4 Å². The third-order valence-corrected chi connectivity index (χ3v) is 3.13. The molecule has 0 spiro atoms. The van der Waals surface area contributed by atoms with Crippen molar-refractivity contribution in [1.29, 1.82) is 0 Å². The highest BCUT2D eigenvalue weighted by Crippen LogP contribution is 2.16. The summed E-state index contributed by atoms with van der Waals surface area (Å²) in [5.74, 6) is 1.24. The Morgan fingerprint density at radius 1 is 1.00 bits per heavy atom. The molecule has 8 nitrogen and oxygen atoms in total. The van der Waals surface area contributed by atoms with Crippen molar-refractivity contribution < 1.29 is 13.5 Å². The van der Waals surface area contributed by atoms with Crippen LogP contribution in [0.15, 0.2) is 29.4 Å². The first-order valence-electron chi connectivity index (χ1n) is 8.11. The smallest absolute Gasteiger partial charge is 0.387 e. The van der Waals surface area contributed by atoms with Gasteiger partial charge in [-0.25, -0.2) is 5.43 Å². The van der Waals surface area contributed by atoms with Crippen molar-refractivity contribution in [2.24, 2.45) is 5.10 Å². The standard InChI is InChI=1S/C16H21F2N7O/c1-4-19-14-21-15(20-5-2)23-16(22-14)25-24-10(3)11-6-8-12(9-7-11)26-13(17)18/h6-9,13H,4-5H2,1-3H3,(H3,19,20,21,22,23,25)/b24-10+. The molecule has 2 rings (SSSR count). The summed E-state index contributed by atoms with van der Waals surface area (Å²) in [5, 5.41) is 10.3. The fourth-order valence-electron chi connectivity index (χ4n) is 1.98. The maximum atomic E-state index is 12.2. The topological polar surface area (TPSA) is 96.4 Å². The highest BCUT2D eigenvalue weighted by Gasteiger charge is 2.07. The number of aromatic nitrogens is 3. The maximum Gasteiger partial charge on any atom is 0.387 e. The Bertz CT molecular complexity index is 714. The van der Waals surface area contributed by atoms with E-state index in [1.54, 1.807) is 19.1 Å². The van der Waals surface area contributed by atoms with Crippen LogP contribution in [0.1, 0.15) is 26.3 Å². The molecule has 2 aromatic rings. The molecule has 0 atom stereocenters. The summed E-state index contributed by atoms with van der Waals surface area (Å²) in [6, 6.07) is 6.19. The van der Waals surface area contributed by atoms with Crippen LogP contribution in [0.5, 0.6) is 5.75 Å². The summed E-state index contributed by atoms with van der Waals surface area (Å²) in [6.45, 7) is 4.14. The minimum Gasteiger partial charge on any atom is -0.435 e. The lowest BCUT2D eigenvalue weighted by molar-refractivity contribution is -0.0498. The molecule has 1 aromatic heterocycles. The van der Waals surface area contributed by atoms with E-state index in [0.29, 0.717) is 30.7 Å². The van der Waals surface area contributed by atoms with Gasteiger partial charge < -0.3 is 15.4 Å². The predicted octanol–water partition coefficient (Wildman–Crippen LogP) is 3.17.